The molecule has 1 N–H and O–H groups in total. The third kappa shape index (κ3) is 10.1. The van der Waals surface area contributed by atoms with Crippen LogP contribution in [0.25, 0.3) is 0 Å². The molecule has 0 aromatic heterocycles. The molecule has 0 saturated heterocycles. The molecule has 5 nitrogen and oxygen atoms in total. The highest BCUT2D eigenvalue weighted by atomic mass is 35.5. The minimum atomic E-state index is -0.456. The lowest BCUT2D eigenvalue weighted by atomic mass is 10.6. The van der Waals surface area contributed by atoms with Crippen molar-refractivity contribution in [1.29, 1.82) is 0 Å². The van der Waals surface area contributed by atoms with Crippen molar-refractivity contribution < 1.29 is 4.79 Å². The van der Waals surface area contributed by atoms with Crippen LogP contribution in [0.1, 0.15) is 0 Å². The number of thioether (sulfide) groups is 2. The van der Waals surface area contributed by atoms with E-state index >= 15 is 0 Å². The fourth-order valence-electron chi connectivity index (χ4n) is 0.965. The molecule has 0 rings (SSSR count). The Morgan fingerprint density at radius 1 is 1.11 bits per heavy atom. The topological polar surface area (TPSA) is 61.8 Å². The molecular formula is C9H17Cl2N3O2S2. The molecule has 0 bridgehead atoms. The van der Waals surface area contributed by atoms with Crippen LogP contribution in [0.3, 0.4) is 0 Å². The molecule has 0 radical (unpaired) electrons. The minimum absolute atomic E-state index is 0.297. The van der Waals surface area contributed by atoms with Crippen molar-refractivity contribution in [3.05, 3.63) is 4.91 Å². The summed E-state index contributed by atoms with van der Waals surface area (Å²) in [5.74, 6) is 4.22. The molecule has 0 aliphatic heterocycles. The summed E-state index contributed by atoms with van der Waals surface area (Å²) in [6.07, 6.45) is 0. The molecule has 0 aliphatic rings. The van der Waals surface area contributed by atoms with E-state index in [0.29, 0.717) is 30.6 Å². The van der Waals surface area contributed by atoms with E-state index in [2.05, 4.69) is 10.6 Å². The summed E-state index contributed by atoms with van der Waals surface area (Å²) in [4.78, 5) is 22.0. The number of urea groups is 1. The lowest BCUT2D eigenvalue weighted by Gasteiger charge is -2.13. The van der Waals surface area contributed by atoms with Crippen LogP contribution in [0.2, 0.25) is 0 Å². The fourth-order valence-corrected chi connectivity index (χ4v) is 2.79. The van der Waals surface area contributed by atoms with Gasteiger partial charge in [0.05, 0.1) is 11.8 Å². The van der Waals surface area contributed by atoms with Gasteiger partial charge < -0.3 is 5.32 Å². The number of nitrogens with one attached hydrogen (secondary N) is 1. The third-order valence-corrected chi connectivity index (χ3v) is 4.52. The van der Waals surface area contributed by atoms with Gasteiger partial charge in [0, 0.05) is 41.3 Å². The molecular weight excluding hydrogens is 317 g/mol. The Morgan fingerprint density at radius 2 is 1.72 bits per heavy atom. The van der Waals surface area contributed by atoms with Crippen molar-refractivity contribution in [2.45, 2.75) is 0 Å². The number of hydrogen-bond acceptors (Lipinski definition) is 5. The quantitative estimate of drug-likeness (QED) is 0.273. The lowest BCUT2D eigenvalue weighted by Crippen LogP contribution is -2.38. The molecule has 0 aromatic carbocycles. The smallest absolute Gasteiger partial charge is 0.336 e. The number of halogens is 2. The third-order valence-electron chi connectivity index (χ3n) is 1.75. The number of nitroso groups, excluding NO2 is 1. The first kappa shape index (κ1) is 18.1. The molecule has 0 fully saturated rings. The Kier molecular flexibility index (Phi) is 13.7. The minimum Gasteiger partial charge on any atom is -0.336 e. The molecule has 9 heteroatoms. The fraction of sp³-hybridized carbons (Fsp3) is 0.889. The Hall–Kier alpha value is 0.150. The van der Waals surface area contributed by atoms with E-state index < -0.39 is 6.03 Å². The van der Waals surface area contributed by atoms with Gasteiger partial charge in [-0.3, -0.25) is 0 Å². The van der Waals surface area contributed by atoms with Crippen molar-refractivity contribution in [3.63, 3.8) is 0 Å². The number of carbonyl (C=O) groups is 1. The molecule has 0 unspecified atom stereocenters. The highest BCUT2D eigenvalue weighted by Gasteiger charge is 2.12. The van der Waals surface area contributed by atoms with Crippen molar-refractivity contribution in [1.82, 2.24) is 10.3 Å². The predicted octanol–water partition coefficient (Wildman–Crippen LogP) is 2.62. The zero-order valence-corrected chi connectivity index (χ0v) is 13.1. The molecule has 0 atom stereocenters. The van der Waals surface area contributed by atoms with Gasteiger partial charge in [0.2, 0.25) is 0 Å². The molecule has 2 amide bonds. The lowest BCUT2D eigenvalue weighted by molar-refractivity contribution is 0.203. The molecule has 0 aliphatic carbocycles. The van der Waals surface area contributed by atoms with Crippen molar-refractivity contribution >= 4 is 52.8 Å². The first-order valence-electron chi connectivity index (χ1n) is 5.42. The van der Waals surface area contributed by atoms with Crippen LogP contribution in [-0.2, 0) is 0 Å². The maximum absolute atomic E-state index is 11.5. The zero-order valence-electron chi connectivity index (χ0n) is 9.94. The molecule has 0 aromatic rings. The van der Waals surface area contributed by atoms with E-state index in [1.165, 1.54) is 0 Å². The molecule has 0 spiro atoms. The Bertz CT molecular complexity index is 238. The van der Waals surface area contributed by atoms with E-state index in [0.717, 1.165) is 22.3 Å². The van der Waals surface area contributed by atoms with Gasteiger partial charge in [-0.15, -0.1) is 28.1 Å². The maximum Gasteiger partial charge on any atom is 0.340 e. The molecule has 18 heavy (non-hydrogen) atoms. The van der Waals surface area contributed by atoms with Gasteiger partial charge in [-0.1, -0.05) is 0 Å². The second kappa shape index (κ2) is 13.6. The monoisotopic (exact) mass is 333 g/mol. The summed E-state index contributed by atoms with van der Waals surface area (Å²) in [6.45, 7) is 0.799. The zero-order chi connectivity index (χ0) is 13.6. The first-order valence-corrected chi connectivity index (χ1v) is 8.80. The molecule has 0 saturated carbocycles. The van der Waals surface area contributed by atoms with E-state index in [9.17, 15) is 9.70 Å². The normalized spacial score (nSPS) is 10.1. The van der Waals surface area contributed by atoms with Crippen LogP contribution in [0.15, 0.2) is 5.29 Å². The summed E-state index contributed by atoms with van der Waals surface area (Å²) in [6, 6.07) is -0.456. The van der Waals surface area contributed by atoms with E-state index in [4.69, 9.17) is 23.2 Å². The number of rotatable bonds is 11. The predicted molar refractivity (Wildman–Crippen MR) is 82.0 cm³/mol. The Morgan fingerprint density at radius 3 is 2.28 bits per heavy atom. The molecule has 0 heterocycles. The highest BCUT2D eigenvalue weighted by molar-refractivity contribution is 7.99. The summed E-state index contributed by atoms with van der Waals surface area (Å²) < 4.78 is 0. The van der Waals surface area contributed by atoms with Crippen molar-refractivity contribution in [3.8, 4) is 0 Å². The average Bonchev–Trinajstić information content (AvgIpc) is 2.38. The van der Waals surface area contributed by atoms with Gasteiger partial charge in [0.1, 0.15) is 0 Å². The average molecular weight is 334 g/mol. The number of nitrogens with zero attached hydrogens (tertiary/aromatic N) is 2. The van der Waals surface area contributed by atoms with Crippen LogP contribution >= 0.6 is 46.7 Å². The summed E-state index contributed by atoms with van der Waals surface area (Å²) in [5, 5.41) is 6.22. The number of alkyl halides is 2. The largest absolute Gasteiger partial charge is 0.340 e. The SMILES string of the molecule is O=NN(CCSCCCl)C(=O)NCCSCCCl. The van der Waals surface area contributed by atoms with E-state index in [1.807, 2.05) is 0 Å². The summed E-state index contributed by atoms with van der Waals surface area (Å²) in [7, 11) is 0. The number of carbonyl (C=O) groups excluding carboxylic acids is 1. The highest BCUT2D eigenvalue weighted by Crippen LogP contribution is 2.03. The van der Waals surface area contributed by atoms with Crippen LogP contribution in [-0.4, -0.2) is 58.9 Å². The van der Waals surface area contributed by atoms with Crippen LogP contribution in [0, 0.1) is 4.91 Å². The standard InChI is InChI=1S/C9H17Cl2N3O2S2/c10-1-5-17-7-3-12-9(15)14(13-16)4-8-18-6-2-11/h1-8H2,(H,12,15). The molecule has 106 valence electrons. The van der Waals surface area contributed by atoms with Crippen LogP contribution in [0.4, 0.5) is 4.79 Å². The second-order valence-electron chi connectivity index (χ2n) is 3.04. The second-order valence-corrected chi connectivity index (χ2v) is 6.24. The van der Waals surface area contributed by atoms with Gasteiger partial charge >= 0.3 is 6.03 Å². The van der Waals surface area contributed by atoms with Gasteiger partial charge in [0.15, 0.2) is 0 Å². The van der Waals surface area contributed by atoms with E-state index in [-0.39, 0.29) is 0 Å². The summed E-state index contributed by atoms with van der Waals surface area (Å²) in [5.41, 5.74) is 0. The Labute approximate surface area is 126 Å². The number of amides is 2. The maximum atomic E-state index is 11.5. The number of hydrogen-bond donors (Lipinski definition) is 1. The van der Waals surface area contributed by atoms with Gasteiger partial charge in [-0.25, -0.2) is 4.79 Å². The van der Waals surface area contributed by atoms with Crippen molar-refractivity contribution in [2.24, 2.45) is 5.29 Å². The first-order chi connectivity index (χ1) is 8.76. The van der Waals surface area contributed by atoms with Crippen LogP contribution in [0.5, 0.6) is 0 Å². The van der Waals surface area contributed by atoms with Gasteiger partial charge in [-0.2, -0.15) is 28.5 Å². The van der Waals surface area contributed by atoms with Gasteiger partial charge in [-0.05, 0) is 0 Å². The van der Waals surface area contributed by atoms with E-state index in [1.54, 1.807) is 23.5 Å². The van der Waals surface area contributed by atoms with Crippen LogP contribution < -0.4 is 5.32 Å². The Balaban J connectivity index is 3.65. The summed E-state index contributed by atoms with van der Waals surface area (Å²) >= 11 is 14.3. The van der Waals surface area contributed by atoms with Gasteiger partial charge in [0.25, 0.3) is 0 Å². The van der Waals surface area contributed by atoms with Crippen molar-refractivity contribution in [2.75, 3.05) is 47.9 Å².